The minimum absolute atomic E-state index is 0.132. The summed E-state index contributed by atoms with van der Waals surface area (Å²) in [7, 11) is 0. The average Bonchev–Trinajstić information content (AvgIpc) is 2.65. The molecule has 0 N–H and O–H groups in total. The van der Waals surface area contributed by atoms with Crippen molar-refractivity contribution in [3.05, 3.63) is 29.6 Å². The lowest BCUT2D eigenvalue weighted by molar-refractivity contribution is 0.435. The van der Waals surface area contributed by atoms with Crippen LogP contribution < -0.4 is 4.90 Å². The van der Waals surface area contributed by atoms with Crippen LogP contribution in [-0.4, -0.2) is 13.1 Å². The highest BCUT2D eigenvalue weighted by atomic mass is 35.5. The van der Waals surface area contributed by atoms with E-state index in [-0.39, 0.29) is 5.82 Å². The van der Waals surface area contributed by atoms with Crippen LogP contribution in [-0.2, 0) is 5.88 Å². The maximum atomic E-state index is 14.1. The molecule has 3 heteroatoms. The molecule has 106 valence electrons. The summed E-state index contributed by atoms with van der Waals surface area (Å²) in [5.41, 5.74) is 1.59. The molecule has 1 nitrogen and oxygen atoms in total. The standard InChI is InChI=1S/C16H23ClFN/c1-2-4-13-5-3-9-19(10-8-13)16-7-6-14(12-17)11-15(16)18/h6-7,11,13H,2-5,8-10,12H2,1H3. The Morgan fingerprint density at radius 3 is 2.84 bits per heavy atom. The van der Waals surface area contributed by atoms with Gasteiger partial charge in [0.2, 0.25) is 0 Å². The lowest BCUT2D eigenvalue weighted by atomic mass is 9.96. The summed E-state index contributed by atoms with van der Waals surface area (Å²) in [4.78, 5) is 2.20. The molecule has 0 aromatic heterocycles. The van der Waals surface area contributed by atoms with Gasteiger partial charge in [-0.15, -0.1) is 11.6 Å². The van der Waals surface area contributed by atoms with E-state index < -0.39 is 0 Å². The highest BCUT2D eigenvalue weighted by Crippen LogP contribution is 2.27. The first-order valence-corrected chi connectivity index (χ1v) is 7.87. The van der Waals surface area contributed by atoms with E-state index >= 15 is 0 Å². The van der Waals surface area contributed by atoms with E-state index in [9.17, 15) is 4.39 Å². The number of alkyl halides is 1. The van der Waals surface area contributed by atoms with Gasteiger partial charge in [-0.3, -0.25) is 0 Å². The van der Waals surface area contributed by atoms with Crippen LogP contribution in [0.4, 0.5) is 10.1 Å². The molecule has 0 aliphatic carbocycles. The van der Waals surface area contributed by atoms with Gasteiger partial charge in [0.1, 0.15) is 5.82 Å². The molecule has 0 bridgehead atoms. The largest absolute Gasteiger partial charge is 0.369 e. The number of benzene rings is 1. The minimum Gasteiger partial charge on any atom is -0.369 e. The summed E-state index contributed by atoms with van der Waals surface area (Å²) in [5.74, 6) is 1.06. The van der Waals surface area contributed by atoms with E-state index in [1.165, 1.54) is 32.1 Å². The van der Waals surface area contributed by atoms with E-state index in [1.807, 2.05) is 12.1 Å². The Kier molecular flexibility index (Phi) is 5.50. The highest BCUT2D eigenvalue weighted by Gasteiger charge is 2.18. The third-order valence-electron chi connectivity index (χ3n) is 4.05. The maximum absolute atomic E-state index is 14.1. The number of rotatable bonds is 4. The second-order valence-corrected chi connectivity index (χ2v) is 5.76. The summed E-state index contributed by atoms with van der Waals surface area (Å²) >= 11 is 5.74. The maximum Gasteiger partial charge on any atom is 0.146 e. The van der Waals surface area contributed by atoms with Crippen molar-refractivity contribution in [1.29, 1.82) is 0 Å². The van der Waals surface area contributed by atoms with Gasteiger partial charge in [-0.05, 0) is 42.9 Å². The van der Waals surface area contributed by atoms with Gasteiger partial charge in [0.05, 0.1) is 5.69 Å². The Bertz CT molecular complexity index is 408. The van der Waals surface area contributed by atoms with Crippen molar-refractivity contribution in [1.82, 2.24) is 0 Å². The molecule has 1 atom stereocenters. The predicted octanol–water partition coefficient (Wildman–Crippen LogP) is 4.97. The van der Waals surface area contributed by atoms with E-state index in [0.29, 0.717) is 5.88 Å². The van der Waals surface area contributed by atoms with Crippen molar-refractivity contribution in [2.45, 2.75) is 44.9 Å². The SMILES string of the molecule is CCCC1CCCN(c2ccc(CCl)cc2F)CC1. The van der Waals surface area contributed by atoms with Crippen LogP contribution in [0.25, 0.3) is 0 Å². The molecule has 1 heterocycles. The highest BCUT2D eigenvalue weighted by molar-refractivity contribution is 6.17. The fourth-order valence-corrected chi connectivity index (χ4v) is 3.16. The number of halogens is 2. The van der Waals surface area contributed by atoms with Gasteiger partial charge in [0.15, 0.2) is 0 Å². The van der Waals surface area contributed by atoms with E-state index in [4.69, 9.17) is 11.6 Å². The molecule has 1 aromatic carbocycles. The van der Waals surface area contributed by atoms with Crippen molar-refractivity contribution < 1.29 is 4.39 Å². The summed E-state index contributed by atoms with van der Waals surface area (Å²) in [6.07, 6.45) is 6.20. The molecule has 0 saturated carbocycles. The smallest absolute Gasteiger partial charge is 0.146 e. The van der Waals surface area contributed by atoms with Crippen LogP contribution >= 0.6 is 11.6 Å². The zero-order valence-corrected chi connectivity index (χ0v) is 12.4. The zero-order chi connectivity index (χ0) is 13.7. The molecule has 1 unspecified atom stereocenters. The van der Waals surface area contributed by atoms with Crippen molar-refractivity contribution in [2.75, 3.05) is 18.0 Å². The van der Waals surface area contributed by atoms with Crippen LogP contribution in [0, 0.1) is 11.7 Å². The number of hydrogen-bond acceptors (Lipinski definition) is 1. The first-order valence-electron chi connectivity index (χ1n) is 7.34. The first kappa shape index (κ1) is 14.6. The molecule has 0 radical (unpaired) electrons. The number of nitrogens with zero attached hydrogens (tertiary/aromatic N) is 1. The summed E-state index contributed by atoms with van der Waals surface area (Å²) in [6.45, 7) is 4.19. The first-order chi connectivity index (χ1) is 9.24. The van der Waals surface area contributed by atoms with Gasteiger partial charge in [-0.1, -0.05) is 25.8 Å². The molecule has 1 aromatic rings. The predicted molar refractivity (Wildman–Crippen MR) is 80.4 cm³/mol. The average molecular weight is 284 g/mol. The van der Waals surface area contributed by atoms with Crippen LogP contribution in [0.15, 0.2) is 18.2 Å². The fraction of sp³-hybridized carbons (Fsp3) is 0.625. The molecule has 19 heavy (non-hydrogen) atoms. The molecule has 1 fully saturated rings. The van der Waals surface area contributed by atoms with Crippen molar-refractivity contribution in [2.24, 2.45) is 5.92 Å². The topological polar surface area (TPSA) is 3.24 Å². The van der Waals surface area contributed by atoms with Gasteiger partial charge in [-0.25, -0.2) is 4.39 Å². The van der Waals surface area contributed by atoms with Gasteiger partial charge >= 0.3 is 0 Å². The second kappa shape index (κ2) is 7.14. The minimum atomic E-state index is -0.132. The Hall–Kier alpha value is -0.760. The van der Waals surface area contributed by atoms with Gasteiger partial charge in [-0.2, -0.15) is 0 Å². The van der Waals surface area contributed by atoms with Crippen molar-refractivity contribution in [3.63, 3.8) is 0 Å². The van der Waals surface area contributed by atoms with Crippen molar-refractivity contribution >= 4 is 17.3 Å². The van der Waals surface area contributed by atoms with Gasteiger partial charge < -0.3 is 4.90 Å². The molecular formula is C16H23ClFN. The third kappa shape index (κ3) is 3.85. The lowest BCUT2D eigenvalue weighted by Crippen LogP contribution is -2.25. The molecular weight excluding hydrogens is 261 g/mol. The van der Waals surface area contributed by atoms with Gasteiger partial charge in [0.25, 0.3) is 0 Å². The quantitative estimate of drug-likeness (QED) is 0.705. The second-order valence-electron chi connectivity index (χ2n) is 5.49. The van der Waals surface area contributed by atoms with Crippen LogP contribution in [0.2, 0.25) is 0 Å². The van der Waals surface area contributed by atoms with Crippen LogP contribution in [0.1, 0.15) is 44.6 Å². The van der Waals surface area contributed by atoms with Crippen molar-refractivity contribution in [3.8, 4) is 0 Å². The molecule has 2 rings (SSSR count). The fourth-order valence-electron chi connectivity index (χ4n) is 2.99. The number of hydrogen-bond donors (Lipinski definition) is 0. The van der Waals surface area contributed by atoms with Crippen LogP contribution in [0.5, 0.6) is 0 Å². The molecule has 0 spiro atoms. The molecule has 0 amide bonds. The Morgan fingerprint density at radius 1 is 1.32 bits per heavy atom. The lowest BCUT2D eigenvalue weighted by Gasteiger charge is -2.23. The Balaban J connectivity index is 2.05. The molecule has 1 saturated heterocycles. The monoisotopic (exact) mass is 283 g/mol. The third-order valence-corrected chi connectivity index (χ3v) is 4.36. The van der Waals surface area contributed by atoms with Gasteiger partial charge in [0, 0.05) is 19.0 Å². The van der Waals surface area contributed by atoms with E-state index in [1.54, 1.807) is 6.07 Å². The normalized spacial score (nSPS) is 20.4. The van der Waals surface area contributed by atoms with E-state index in [0.717, 1.165) is 30.3 Å². The number of anilines is 1. The molecule has 1 aliphatic rings. The summed E-state index contributed by atoms with van der Waals surface area (Å²) in [6, 6.07) is 5.38. The summed E-state index contributed by atoms with van der Waals surface area (Å²) in [5, 5.41) is 0. The molecule has 1 aliphatic heterocycles. The van der Waals surface area contributed by atoms with E-state index in [2.05, 4.69) is 11.8 Å². The Labute approximate surface area is 120 Å². The Morgan fingerprint density at radius 2 is 2.16 bits per heavy atom. The zero-order valence-electron chi connectivity index (χ0n) is 11.7. The summed E-state index contributed by atoms with van der Waals surface area (Å²) < 4.78 is 14.1. The van der Waals surface area contributed by atoms with Crippen LogP contribution in [0.3, 0.4) is 0 Å².